The van der Waals surface area contributed by atoms with Gasteiger partial charge < -0.3 is 10.8 Å². The Balaban J connectivity index is 1.98. The molecule has 2 rings (SSSR count). The van der Waals surface area contributed by atoms with E-state index >= 15 is 0 Å². The Hall–Kier alpha value is -0.120. The lowest BCUT2D eigenvalue weighted by Crippen LogP contribution is -2.56. The number of rotatable bonds is 7. The molecule has 2 saturated carbocycles. The van der Waals surface area contributed by atoms with Crippen molar-refractivity contribution < 1.29 is 5.11 Å². The lowest BCUT2D eigenvalue weighted by Gasteiger charge is -2.40. The van der Waals surface area contributed by atoms with E-state index in [1.807, 2.05) is 0 Å². The van der Waals surface area contributed by atoms with Crippen LogP contribution in [0.25, 0.3) is 0 Å². The standard InChI is InChI=1S/C15H30N2O/c1-15(2,3)14(16)13(10-18)17(8-11-4-5-11)9-12-6-7-12/h11-14,18H,4-10,16H2,1-3H3. The third-order valence-electron chi connectivity index (χ3n) is 4.45. The molecule has 0 aromatic heterocycles. The van der Waals surface area contributed by atoms with Crippen LogP contribution >= 0.6 is 0 Å². The third kappa shape index (κ3) is 3.94. The van der Waals surface area contributed by atoms with Gasteiger partial charge in [-0.2, -0.15) is 0 Å². The van der Waals surface area contributed by atoms with Crippen molar-refractivity contribution in [3.05, 3.63) is 0 Å². The minimum atomic E-state index is 0.0417. The smallest absolute Gasteiger partial charge is 0.0602 e. The quantitative estimate of drug-likeness (QED) is 0.729. The first-order valence-electron chi connectivity index (χ1n) is 7.52. The number of nitrogens with zero attached hydrogens (tertiary/aromatic N) is 1. The highest BCUT2D eigenvalue weighted by atomic mass is 16.3. The van der Waals surface area contributed by atoms with Crippen LogP contribution in [0.4, 0.5) is 0 Å². The van der Waals surface area contributed by atoms with E-state index in [0.29, 0.717) is 0 Å². The Labute approximate surface area is 112 Å². The molecule has 2 fully saturated rings. The van der Waals surface area contributed by atoms with Crippen molar-refractivity contribution in [1.82, 2.24) is 4.90 Å². The number of nitrogens with two attached hydrogens (primary N) is 1. The predicted octanol–water partition coefficient (Wildman–Crippen LogP) is 1.84. The number of aliphatic hydroxyl groups excluding tert-OH is 1. The van der Waals surface area contributed by atoms with Crippen molar-refractivity contribution >= 4 is 0 Å². The van der Waals surface area contributed by atoms with Crippen molar-refractivity contribution in [2.24, 2.45) is 23.0 Å². The molecule has 3 N–H and O–H groups in total. The minimum Gasteiger partial charge on any atom is -0.395 e. The molecule has 2 unspecified atom stereocenters. The molecule has 0 heterocycles. The summed E-state index contributed by atoms with van der Waals surface area (Å²) in [5.41, 5.74) is 6.45. The van der Waals surface area contributed by atoms with Crippen molar-refractivity contribution in [2.75, 3.05) is 19.7 Å². The van der Waals surface area contributed by atoms with Crippen LogP contribution in [-0.2, 0) is 0 Å². The Kier molecular flexibility index (Phi) is 4.35. The highest BCUT2D eigenvalue weighted by Gasteiger charge is 2.37. The molecule has 0 amide bonds. The first-order chi connectivity index (χ1) is 8.41. The topological polar surface area (TPSA) is 49.5 Å². The number of aliphatic hydroxyl groups is 1. The van der Waals surface area contributed by atoms with E-state index in [-0.39, 0.29) is 24.1 Å². The van der Waals surface area contributed by atoms with Crippen LogP contribution in [0.3, 0.4) is 0 Å². The Morgan fingerprint density at radius 3 is 1.83 bits per heavy atom. The van der Waals surface area contributed by atoms with E-state index < -0.39 is 0 Å². The van der Waals surface area contributed by atoms with E-state index in [9.17, 15) is 5.11 Å². The van der Waals surface area contributed by atoms with Gasteiger partial charge >= 0.3 is 0 Å². The molecule has 0 radical (unpaired) electrons. The summed E-state index contributed by atoms with van der Waals surface area (Å²) in [4.78, 5) is 2.49. The van der Waals surface area contributed by atoms with Crippen LogP contribution in [0.5, 0.6) is 0 Å². The molecule has 3 nitrogen and oxygen atoms in total. The zero-order valence-electron chi connectivity index (χ0n) is 12.2. The summed E-state index contributed by atoms with van der Waals surface area (Å²) < 4.78 is 0. The van der Waals surface area contributed by atoms with Gasteiger partial charge in [0.15, 0.2) is 0 Å². The average molecular weight is 254 g/mol. The predicted molar refractivity (Wildman–Crippen MR) is 75.3 cm³/mol. The van der Waals surface area contributed by atoms with Gasteiger partial charge in [-0.05, 0) is 42.9 Å². The first kappa shape index (κ1) is 14.3. The normalized spacial score (nSPS) is 24.3. The monoisotopic (exact) mass is 254 g/mol. The van der Waals surface area contributed by atoms with E-state index in [2.05, 4.69) is 25.7 Å². The van der Waals surface area contributed by atoms with Crippen LogP contribution in [0.1, 0.15) is 46.5 Å². The van der Waals surface area contributed by atoms with Gasteiger partial charge in [-0.15, -0.1) is 0 Å². The van der Waals surface area contributed by atoms with Gasteiger partial charge in [-0.1, -0.05) is 20.8 Å². The molecule has 3 heteroatoms. The van der Waals surface area contributed by atoms with Crippen LogP contribution < -0.4 is 5.73 Å². The van der Waals surface area contributed by atoms with E-state index in [4.69, 9.17) is 5.73 Å². The second-order valence-electron chi connectivity index (χ2n) is 7.48. The molecular formula is C15H30N2O. The molecule has 0 spiro atoms. The SMILES string of the molecule is CC(C)(C)C(N)C(CO)N(CC1CC1)CC1CC1. The Bertz CT molecular complexity index is 252. The fourth-order valence-electron chi connectivity index (χ4n) is 2.64. The molecule has 0 aromatic rings. The van der Waals surface area contributed by atoms with Crippen molar-refractivity contribution in [2.45, 2.75) is 58.5 Å². The first-order valence-corrected chi connectivity index (χ1v) is 7.52. The van der Waals surface area contributed by atoms with E-state index in [0.717, 1.165) is 24.9 Å². The molecule has 0 saturated heterocycles. The van der Waals surface area contributed by atoms with Crippen molar-refractivity contribution in [3.63, 3.8) is 0 Å². The fraction of sp³-hybridized carbons (Fsp3) is 1.00. The molecule has 0 bridgehead atoms. The van der Waals surface area contributed by atoms with E-state index in [1.54, 1.807) is 0 Å². The van der Waals surface area contributed by atoms with Gasteiger partial charge in [0.05, 0.1) is 6.61 Å². The Morgan fingerprint density at radius 1 is 1.11 bits per heavy atom. The van der Waals surface area contributed by atoms with Crippen LogP contribution in [0.15, 0.2) is 0 Å². The molecule has 2 atom stereocenters. The molecule has 2 aliphatic carbocycles. The zero-order valence-corrected chi connectivity index (χ0v) is 12.2. The number of hydrogen-bond donors (Lipinski definition) is 2. The van der Waals surface area contributed by atoms with Gasteiger partial charge in [0.1, 0.15) is 0 Å². The summed E-state index contributed by atoms with van der Waals surface area (Å²) in [5.74, 6) is 1.73. The third-order valence-corrected chi connectivity index (χ3v) is 4.45. The highest BCUT2D eigenvalue weighted by molar-refractivity contribution is 4.93. The van der Waals surface area contributed by atoms with Crippen molar-refractivity contribution in [3.8, 4) is 0 Å². The number of hydrogen-bond acceptors (Lipinski definition) is 3. The van der Waals surface area contributed by atoms with Gasteiger partial charge in [-0.3, -0.25) is 4.90 Å². The van der Waals surface area contributed by atoms with Crippen LogP contribution in [0, 0.1) is 17.3 Å². The molecule has 2 aliphatic rings. The molecule has 106 valence electrons. The fourth-order valence-corrected chi connectivity index (χ4v) is 2.64. The summed E-state index contributed by atoms with van der Waals surface area (Å²) in [6, 6.07) is 0.172. The zero-order chi connectivity index (χ0) is 13.3. The summed E-state index contributed by atoms with van der Waals surface area (Å²) >= 11 is 0. The summed E-state index contributed by atoms with van der Waals surface area (Å²) in [7, 11) is 0. The summed E-state index contributed by atoms with van der Waals surface area (Å²) in [6.45, 7) is 9.00. The van der Waals surface area contributed by atoms with E-state index in [1.165, 1.54) is 25.7 Å². The summed E-state index contributed by atoms with van der Waals surface area (Å²) in [5, 5.41) is 9.78. The lowest BCUT2D eigenvalue weighted by atomic mass is 9.82. The van der Waals surface area contributed by atoms with Gasteiger partial charge in [0, 0.05) is 25.2 Å². The second-order valence-corrected chi connectivity index (χ2v) is 7.48. The second kappa shape index (κ2) is 5.48. The van der Waals surface area contributed by atoms with Crippen LogP contribution in [-0.4, -0.2) is 41.8 Å². The maximum Gasteiger partial charge on any atom is 0.0602 e. The maximum atomic E-state index is 9.78. The molecule has 0 aliphatic heterocycles. The minimum absolute atomic E-state index is 0.0417. The van der Waals surface area contributed by atoms with Gasteiger partial charge in [0.25, 0.3) is 0 Å². The van der Waals surface area contributed by atoms with Gasteiger partial charge in [0.2, 0.25) is 0 Å². The summed E-state index contributed by atoms with van der Waals surface area (Å²) in [6.07, 6.45) is 5.46. The highest BCUT2D eigenvalue weighted by Crippen LogP contribution is 2.35. The molecular weight excluding hydrogens is 224 g/mol. The molecule has 0 aromatic carbocycles. The largest absolute Gasteiger partial charge is 0.395 e. The average Bonchev–Trinajstić information content (AvgIpc) is 3.12. The van der Waals surface area contributed by atoms with Gasteiger partial charge in [-0.25, -0.2) is 0 Å². The Morgan fingerprint density at radius 2 is 1.56 bits per heavy atom. The molecule has 18 heavy (non-hydrogen) atoms. The maximum absolute atomic E-state index is 9.78. The lowest BCUT2D eigenvalue weighted by molar-refractivity contribution is 0.0639. The van der Waals surface area contributed by atoms with Crippen molar-refractivity contribution in [1.29, 1.82) is 0 Å². The van der Waals surface area contributed by atoms with Crippen LogP contribution in [0.2, 0.25) is 0 Å².